The van der Waals surface area contributed by atoms with Gasteiger partial charge in [-0.05, 0) is 51.2 Å². The van der Waals surface area contributed by atoms with Crippen molar-refractivity contribution in [1.29, 1.82) is 0 Å². The minimum absolute atomic E-state index is 0.188. The van der Waals surface area contributed by atoms with Gasteiger partial charge in [-0.15, -0.1) is 0 Å². The van der Waals surface area contributed by atoms with Crippen LogP contribution in [0, 0.1) is 13.8 Å². The molecule has 2 aliphatic rings. The number of anilines is 1. The molecule has 1 saturated heterocycles. The van der Waals surface area contributed by atoms with Gasteiger partial charge in [0.2, 0.25) is 0 Å². The fraction of sp³-hybridized carbons (Fsp3) is 0.647. The van der Waals surface area contributed by atoms with E-state index in [1.54, 1.807) is 0 Å². The first-order chi connectivity index (χ1) is 9.60. The Hall–Kier alpha value is -1.22. The highest BCUT2D eigenvalue weighted by Crippen LogP contribution is 2.43. The van der Waals surface area contributed by atoms with Gasteiger partial charge in [0, 0.05) is 11.3 Å². The fourth-order valence-corrected chi connectivity index (χ4v) is 3.64. The van der Waals surface area contributed by atoms with E-state index in [9.17, 15) is 0 Å². The fourth-order valence-electron chi connectivity index (χ4n) is 3.64. The zero-order chi connectivity index (χ0) is 14.2. The third-order valence-electron chi connectivity index (χ3n) is 4.91. The van der Waals surface area contributed by atoms with Crippen molar-refractivity contribution < 1.29 is 9.47 Å². The average molecular weight is 275 g/mol. The first-order valence-corrected chi connectivity index (χ1v) is 7.76. The summed E-state index contributed by atoms with van der Waals surface area (Å²) in [6.07, 6.45) is 7.69. The number of hydrogen-bond acceptors (Lipinski definition) is 3. The van der Waals surface area contributed by atoms with Crippen LogP contribution in [-0.2, 0) is 4.74 Å². The molecule has 3 rings (SSSR count). The number of aryl methyl sites for hydroxylation is 1. The number of nitrogen functional groups attached to an aromatic ring is 1. The molecule has 3 heteroatoms. The Morgan fingerprint density at radius 3 is 2.75 bits per heavy atom. The molecular weight excluding hydrogens is 250 g/mol. The molecule has 0 aromatic heterocycles. The van der Waals surface area contributed by atoms with Crippen LogP contribution in [0.25, 0.3) is 0 Å². The molecule has 1 spiro atoms. The number of nitrogens with two attached hydrogens (primary N) is 1. The summed E-state index contributed by atoms with van der Waals surface area (Å²) in [7, 11) is 0. The van der Waals surface area contributed by atoms with Gasteiger partial charge >= 0.3 is 0 Å². The maximum atomic E-state index is 6.29. The van der Waals surface area contributed by atoms with E-state index in [-0.39, 0.29) is 11.7 Å². The van der Waals surface area contributed by atoms with Crippen molar-refractivity contribution >= 4 is 5.69 Å². The first-order valence-electron chi connectivity index (χ1n) is 7.76. The van der Waals surface area contributed by atoms with Gasteiger partial charge in [-0.25, -0.2) is 0 Å². The smallest absolute Gasteiger partial charge is 0.127 e. The maximum Gasteiger partial charge on any atom is 0.127 e. The Morgan fingerprint density at radius 1 is 1.25 bits per heavy atom. The molecule has 3 nitrogen and oxygen atoms in total. The lowest BCUT2D eigenvalue weighted by Crippen LogP contribution is -2.27. The summed E-state index contributed by atoms with van der Waals surface area (Å²) in [6, 6.07) is 3.96. The monoisotopic (exact) mass is 275 g/mol. The molecule has 0 amide bonds. The molecule has 110 valence electrons. The molecule has 1 aliphatic carbocycles. The van der Waals surface area contributed by atoms with Crippen LogP contribution in [0.5, 0.6) is 5.75 Å². The highest BCUT2D eigenvalue weighted by molar-refractivity contribution is 5.56. The largest absolute Gasteiger partial charge is 0.490 e. The lowest BCUT2D eigenvalue weighted by molar-refractivity contribution is -0.0509. The normalized spacial score (nSPS) is 24.4. The zero-order valence-corrected chi connectivity index (χ0v) is 12.6. The molecule has 1 unspecified atom stereocenters. The van der Waals surface area contributed by atoms with Gasteiger partial charge in [0.1, 0.15) is 12.4 Å². The van der Waals surface area contributed by atoms with Crippen LogP contribution in [0.4, 0.5) is 5.69 Å². The SMILES string of the molecule is Cc1ccc(N)c(C)c1OCC1CCC2(CCCC2)O1. The predicted octanol–water partition coefficient (Wildman–Crippen LogP) is 3.76. The van der Waals surface area contributed by atoms with E-state index in [1.807, 2.05) is 19.1 Å². The van der Waals surface area contributed by atoms with E-state index in [2.05, 4.69) is 6.92 Å². The second-order valence-corrected chi connectivity index (χ2v) is 6.41. The minimum atomic E-state index is 0.188. The maximum absolute atomic E-state index is 6.29. The molecule has 1 heterocycles. The molecule has 1 aromatic rings. The molecule has 1 aromatic carbocycles. The minimum Gasteiger partial charge on any atom is -0.490 e. The topological polar surface area (TPSA) is 44.5 Å². The summed E-state index contributed by atoms with van der Waals surface area (Å²) in [5.74, 6) is 0.931. The Morgan fingerprint density at radius 2 is 2.00 bits per heavy atom. The van der Waals surface area contributed by atoms with Crippen molar-refractivity contribution in [1.82, 2.24) is 0 Å². The van der Waals surface area contributed by atoms with E-state index in [1.165, 1.54) is 32.1 Å². The molecule has 20 heavy (non-hydrogen) atoms. The van der Waals surface area contributed by atoms with E-state index >= 15 is 0 Å². The van der Waals surface area contributed by atoms with Gasteiger partial charge in [-0.2, -0.15) is 0 Å². The quantitative estimate of drug-likeness (QED) is 0.854. The molecule has 2 N–H and O–H groups in total. The van der Waals surface area contributed by atoms with Crippen molar-refractivity contribution in [3.05, 3.63) is 23.3 Å². The van der Waals surface area contributed by atoms with Crippen LogP contribution in [-0.4, -0.2) is 18.3 Å². The summed E-state index contributed by atoms with van der Waals surface area (Å²) < 4.78 is 12.3. The summed E-state index contributed by atoms with van der Waals surface area (Å²) in [5.41, 5.74) is 9.13. The molecule has 0 radical (unpaired) electrons. The van der Waals surface area contributed by atoms with Crippen molar-refractivity contribution in [2.75, 3.05) is 12.3 Å². The van der Waals surface area contributed by atoms with Crippen LogP contribution in [0.3, 0.4) is 0 Å². The van der Waals surface area contributed by atoms with Gasteiger partial charge in [0.25, 0.3) is 0 Å². The van der Waals surface area contributed by atoms with Gasteiger partial charge in [0.05, 0.1) is 11.7 Å². The number of benzene rings is 1. The Labute approximate surface area is 121 Å². The molecule has 2 fully saturated rings. The second-order valence-electron chi connectivity index (χ2n) is 6.41. The zero-order valence-electron chi connectivity index (χ0n) is 12.6. The Balaban J connectivity index is 1.62. The van der Waals surface area contributed by atoms with Gasteiger partial charge in [-0.1, -0.05) is 18.9 Å². The lowest BCUT2D eigenvalue weighted by atomic mass is 9.98. The number of ether oxygens (including phenoxy) is 2. The van der Waals surface area contributed by atoms with Crippen molar-refractivity contribution in [2.24, 2.45) is 0 Å². The van der Waals surface area contributed by atoms with Crippen molar-refractivity contribution in [3.63, 3.8) is 0 Å². The van der Waals surface area contributed by atoms with E-state index in [0.29, 0.717) is 6.61 Å². The Kier molecular flexibility index (Phi) is 3.63. The highest BCUT2D eigenvalue weighted by Gasteiger charge is 2.42. The van der Waals surface area contributed by atoms with Crippen LogP contribution < -0.4 is 10.5 Å². The lowest BCUT2D eigenvalue weighted by Gasteiger charge is -2.24. The van der Waals surface area contributed by atoms with E-state index < -0.39 is 0 Å². The third-order valence-corrected chi connectivity index (χ3v) is 4.91. The molecule has 0 bridgehead atoms. The average Bonchev–Trinajstić information content (AvgIpc) is 3.05. The highest BCUT2D eigenvalue weighted by atomic mass is 16.6. The van der Waals surface area contributed by atoms with Crippen LogP contribution in [0.15, 0.2) is 12.1 Å². The molecule has 1 saturated carbocycles. The summed E-state index contributed by atoms with van der Waals surface area (Å²) in [5, 5.41) is 0. The molecule has 1 atom stereocenters. The third kappa shape index (κ3) is 2.51. The number of hydrogen-bond donors (Lipinski definition) is 1. The van der Waals surface area contributed by atoms with Crippen molar-refractivity contribution in [3.8, 4) is 5.75 Å². The van der Waals surface area contributed by atoms with Crippen LogP contribution in [0.2, 0.25) is 0 Å². The molecular formula is C17H25NO2. The summed E-state index contributed by atoms with van der Waals surface area (Å²) >= 11 is 0. The van der Waals surface area contributed by atoms with Gasteiger partial charge in [0.15, 0.2) is 0 Å². The summed E-state index contributed by atoms with van der Waals surface area (Å²) in [4.78, 5) is 0. The Bertz CT molecular complexity index is 492. The van der Waals surface area contributed by atoms with E-state index in [4.69, 9.17) is 15.2 Å². The summed E-state index contributed by atoms with van der Waals surface area (Å²) in [6.45, 7) is 4.73. The predicted molar refractivity (Wildman–Crippen MR) is 81.1 cm³/mol. The second kappa shape index (κ2) is 5.28. The molecule has 1 aliphatic heterocycles. The van der Waals surface area contributed by atoms with Gasteiger partial charge in [-0.3, -0.25) is 0 Å². The standard InChI is InChI=1S/C17H25NO2/c1-12-5-6-15(18)13(2)16(12)19-11-14-7-10-17(20-14)8-3-4-9-17/h5-6,14H,3-4,7-11,18H2,1-2H3. The van der Waals surface area contributed by atoms with Crippen LogP contribution >= 0.6 is 0 Å². The van der Waals surface area contributed by atoms with E-state index in [0.717, 1.165) is 29.0 Å². The first kappa shape index (κ1) is 13.7. The van der Waals surface area contributed by atoms with Gasteiger partial charge < -0.3 is 15.2 Å². The van der Waals surface area contributed by atoms with Crippen LogP contribution in [0.1, 0.15) is 49.7 Å². The van der Waals surface area contributed by atoms with Crippen molar-refractivity contribution in [2.45, 2.75) is 64.1 Å². The number of rotatable bonds is 3.